The quantitative estimate of drug-likeness (QED) is 0.673. The molecule has 0 bridgehead atoms. The monoisotopic (exact) mass is 287 g/mol. The predicted molar refractivity (Wildman–Crippen MR) is 95.2 cm³/mol. The molecule has 1 aliphatic carbocycles. The highest BCUT2D eigenvalue weighted by Gasteiger charge is 2.26. The molecule has 118 valence electrons. The molecule has 0 aliphatic heterocycles. The Morgan fingerprint density at radius 1 is 1.29 bits per heavy atom. The minimum absolute atomic E-state index is 0.142. The zero-order valence-electron chi connectivity index (χ0n) is 14.8. The summed E-state index contributed by atoms with van der Waals surface area (Å²) in [5.41, 5.74) is 10.4. The summed E-state index contributed by atoms with van der Waals surface area (Å²) in [5, 5.41) is 0. The standard InChI is InChI=1S/C20H33N/c1-16-10-9-14-20(5,6)18(16)13-12-17(19(2,3)4)11-7-8-15-21/h7-8,11-13H,9-10,14-15,21H2,1-6H3/b8-7+,13-12+,17-11-. The Morgan fingerprint density at radius 2 is 1.95 bits per heavy atom. The highest BCUT2D eigenvalue weighted by Crippen LogP contribution is 2.41. The normalized spacial score (nSPS) is 20.8. The van der Waals surface area contributed by atoms with Crippen molar-refractivity contribution in [2.24, 2.45) is 16.6 Å². The van der Waals surface area contributed by atoms with Crippen LogP contribution >= 0.6 is 0 Å². The van der Waals surface area contributed by atoms with Crippen LogP contribution in [0.5, 0.6) is 0 Å². The molecule has 0 saturated carbocycles. The molecule has 0 unspecified atom stereocenters. The van der Waals surface area contributed by atoms with Crippen molar-refractivity contribution < 1.29 is 0 Å². The third-order valence-corrected chi connectivity index (χ3v) is 4.39. The van der Waals surface area contributed by atoms with Crippen molar-refractivity contribution in [1.29, 1.82) is 0 Å². The Hall–Kier alpha value is -1.08. The fraction of sp³-hybridized carbons (Fsp3) is 0.600. The Balaban J connectivity index is 3.08. The zero-order chi connectivity index (χ0) is 16.1. The maximum atomic E-state index is 5.53. The first-order chi connectivity index (χ1) is 9.68. The van der Waals surface area contributed by atoms with Gasteiger partial charge in [0.2, 0.25) is 0 Å². The Morgan fingerprint density at radius 3 is 2.48 bits per heavy atom. The Labute approximate surface area is 131 Å². The largest absolute Gasteiger partial charge is 0.327 e. The molecule has 0 atom stereocenters. The molecule has 0 saturated heterocycles. The van der Waals surface area contributed by atoms with Gasteiger partial charge in [-0.15, -0.1) is 0 Å². The molecule has 1 rings (SSSR count). The fourth-order valence-electron chi connectivity index (χ4n) is 2.99. The number of hydrogen-bond acceptors (Lipinski definition) is 1. The van der Waals surface area contributed by atoms with Gasteiger partial charge in [-0.2, -0.15) is 0 Å². The highest BCUT2D eigenvalue weighted by atomic mass is 14.5. The first-order valence-corrected chi connectivity index (χ1v) is 8.14. The van der Waals surface area contributed by atoms with Crippen LogP contribution in [-0.4, -0.2) is 6.54 Å². The van der Waals surface area contributed by atoms with Gasteiger partial charge in [-0.3, -0.25) is 0 Å². The molecule has 0 fully saturated rings. The molecule has 0 radical (unpaired) electrons. The molecule has 0 aromatic carbocycles. The van der Waals surface area contributed by atoms with Gasteiger partial charge >= 0.3 is 0 Å². The van der Waals surface area contributed by atoms with E-state index in [0.29, 0.717) is 12.0 Å². The SMILES string of the molecule is CC1=C(/C=C/C(=C/C=C/CN)C(C)(C)C)C(C)(C)CCC1. The first-order valence-electron chi connectivity index (χ1n) is 8.14. The van der Waals surface area contributed by atoms with E-state index in [9.17, 15) is 0 Å². The van der Waals surface area contributed by atoms with Crippen molar-refractivity contribution in [1.82, 2.24) is 0 Å². The van der Waals surface area contributed by atoms with E-state index in [1.165, 1.54) is 30.4 Å². The van der Waals surface area contributed by atoms with Crippen LogP contribution < -0.4 is 5.73 Å². The lowest BCUT2D eigenvalue weighted by atomic mass is 9.72. The van der Waals surface area contributed by atoms with Crippen LogP contribution in [0.1, 0.15) is 60.8 Å². The van der Waals surface area contributed by atoms with Crippen LogP contribution in [0.3, 0.4) is 0 Å². The van der Waals surface area contributed by atoms with Crippen molar-refractivity contribution >= 4 is 0 Å². The van der Waals surface area contributed by atoms with Crippen LogP contribution in [0.4, 0.5) is 0 Å². The maximum Gasteiger partial charge on any atom is 0.0109 e. The summed E-state index contributed by atoms with van der Waals surface area (Å²) in [7, 11) is 0. The molecule has 0 spiro atoms. The number of allylic oxidation sites excluding steroid dienone is 7. The summed E-state index contributed by atoms with van der Waals surface area (Å²) in [6.07, 6.45) is 14.7. The minimum atomic E-state index is 0.142. The molecule has 0 aromatic heterocycles. The summed E-state index contributed by atoms with van der Waals surface area (Å²) < 4.78 is 0. The van der Waals surface area contributed by atoms with E-state index >= 15 is 0 Å². The lowest BCUT2D eigenvalue weighted by Crippen LogP contribution is -2.19. The molecule has 0 amide bonds. The van der Waals surface area contributed by atoms with Gasteiger partial charge < -0.3 is 5.73 Å². The molecule has 21 heavy (non-hydrogen) atoms. The highest BCUT2D eigenvalue weighted by molar-refractivity contribution is 5.38. The van der Waals surface area contributed by atoms with Gasteiger partial charge in [-0.25, -0.2) is 0 Å². The summed E-state index contributed by atoms with van der Waals surface area (Å²) in [6, 6.07) is 0. The van der Waals surface area contributed by atoms with Crippen LogP contribution in [0, 0.1) is 10.8 Å². The topological polar surface area (TPSA) is 26.0 Å². The van der Waals surface area contributed by atoms with Gasteiger partial charge in [0.15, 0.2) is 0 Å². The third-order valence-electron chi connectivity index (χ3n) is 4.39. The average molecular weight is 287 g/mol. The molecular formula is C20H33N. The van der Waals surface area contributed by atoms with Crippen LogP contribution in [0.2, 0.25) is 0 Å². The molecule has 1 aliphatic rings. The zero-order valence-corrected chi connectivity index (χ0v) is 14.8. The number of rotatable bonds is 4. The average Bonchev–Trinajstić information content (AvgIpc) is 2.34. The first kappa shape index (κ1) is 18.0. The molecule has 1 heteroatoms. The van der Waals surface area contributed by atoms with Crippen molar-refractivity contribution in [2.45, 2.75) is 60.8 Å². The van der Waals surface area contributed by atoms with Crippen molar-refractivity contribution in [3.05, 3.63) is 47.1 Å². The van der Waals surface area contributed by atoms with Gasteiger partial charge in [0.05, 0.1) is 0 Å². The van der Waals surface area contributed by atoms with E-state index in [-0.39, 0.29) is 5.41 Å². The van der Waals surface area contributed by atoms with Gasteiger partial charge in [-0.05, 0) is 48.2 Å². The molecule has 1 nitrogen and oxygen atoms in total. The van der Waals surface area contributed by atoms with Crippen LogP contribution in [-0.2, 0) is 0 Å². The summed E-state index contributed by atoms with van der Waals surface area (Å²) in [4.78, 5) is 0. The van der Waals surface area contributed by atoms with Crippen molar-refractivity contribution in [3.63, 3.8) is 0 Å². The summed E-state index contributed by atoms with van der Waals surface area (Å²) in [5.74, 6) is 0. The predicted octanol–water partition coefficient (Wildman–Crippen LogP) is 5.56. The van der Waals surface area contributed by atoms with Gasteiger partial charge in [0, 0.05) is 6.54 Å². The molecular weight excluding hydrogens is 254 g/mol. The Bertz CT molecular complexity index is 465. The molecule has 2 N–H and O–H groups in total. The van der Waals surface area contributed by atoms with Crippen molar-refractivity contribution in [2.75, 3.05) is 6.54 Å². The lowest BCUT2D eigenvalue weighted by molar-refractivity contribution is 0.376. The van der Waals surface area contributed by atoms with E-state index in [1.54, 1.807) is 5.57 Å². The van der Waals surface area contributed by atoms with E-state index < -0.39 is 0 Å². The molecule has 0 heterocycles. The van der Waals surface area contributed by atoms with E-state index in [4.69, 9.17) is 5.73 Å². The lowest BCUT2D eigenvalue weighted by Gasteiger charge is -2.33. The van der Waals surface area contributed by atoms with Gasteiger partial charge in [-0.1, -0.05) is 70.6 Å². The maximum absolute atomic E-state index is 5.53. The number of hydrogen-bond donors (Lipinski definition) is 1. The van der Waals surface area contributed by atoms with Gasteiger partial charge in [0.25, 0.3) is 0 Å². The summed E-state index contributed by atoms with van der Waals surface area (Å²) >= 11 is 0. The molecule has 0 aromatic rings. The second kappa shape index (κ2) is 7.26. The second-order valence-corrected chi connectivity index (χ2v) is 7.80. The minimum Gasteiger partial charge on any atom is -0.327 e. The summed E-state index contributed by atoms with van der Waals surface area (Å²) in [6.45, 7) is 14.4. The van der Waals surface area contributed by atoms with Gasteiger partial charge in [0.1, 0.15) is 0 Å². The van der Waals surface area contributed by atoms with E-state index in [0.717, 1.165) is 0 Å². The van der Waals surface area contributed by atoms with Crippen molar-refractivity contribution in [3.8, 4) is 0 Å². The third kappa shape index (κ3) is 5.32. The smallest absolute Gasteiger partial charge is 0.0109 e. The number of nitrogens with two attached hydrogens (primary N) is 1. The van der Waals surface area contributed by atoms with Crippen LogP contribution in [0.25, 0.3) is 0 Å². The fourth-order valence-corrected chi connectivity index (χ4v) is 2.99. The Kier molecular flexibility index (Phi) is 6.22. The van der Waals surface area contributed by atoms with E-state index in [1.807, 2.05) is 6.08 Å². The second-order valence-electron chi connectivity index (χ2n) is 7.80. The van der Waals surface area contributed by atoms with E-state index in [2.05, 4.69) is 65.8 Å². The van der Waals surface area contributed by atoms with Crippen LogP contribution in [0.15, 0.2) is 47.1 Å².